The average Bonchev–Trinajstić information content (AvgIpc) is 2.16. The third-order valence-electron chi connectivity index (χ3n) is 2.32. The van der Waals surface area contributed by atoms with Crippen LogP contribution in [0, 0.1) is 0 Å². The third-order valence-corrected chi connectivity index (χ3v) is 2.55. The Kier molecular flexibility index (Phi) is 4.36. The molecule has 0 radical (unpaired) electrons. The predicted molar refractivity (Wildman–Crippen MR) is 58.6 cm³/mol. The SMILES string of the molecule is CNC(C)C(F)Cc1cccc(Cl)c1. The fourth-order valence-corrected chi connectivity index (χ4v) is 1.46. The lowest BCUT2D eigenvalue weighted by Gasteiger charge is -2.15. The lowest BCUT2D eigenvalue weighted by molar-refractivity contribution is 0.267. The molecule has 0 aliphatic rings. The van der Waals surface area contributed by atoms with E-state index in [0.717, 1.165) is 5.56 Å². The molecule has 0 heterocycles. The van der Waals surface area contributed by atoms with Crippen LogP contribution in [0.25, 0.3) is 0 Å². The maximum atomic E-state index is 13.5. The molecule has 3 heteroatoms. The van der Waals surface area contributed by atoms with Crippen LogP contribution in [0.2, 0.25) is 5.02 Å². The van der Waals surface area contributed by atoms with Crippen molar-refractivity contribution in [1.29, 1.82) is 0 Å². The van der Waals surface area contributed by atoms with Crippen LogP contribution in [0.5, 0.6) is 0 Å². The van der Waals surface area contributed by atoms with E-state index < -0.39 is 6.17 Å². The van der Waals surface area contributed by atoms with Gasteiger partial charge in [0.05, 0.1) is 0 Å². The maximum Gasteiger partial charge on any atom is 0.119 e. The van der Waals surface area contributed by atoms with E-state index in [1.54, 1.807) is 19.2 Å². The Morgan fingerprint density at radius 2 is 2.21 bits per heavy atom. The summed E-state index contributed by atoms with van der Waals surface area (Å²) in [6.45, 7) is 1.83. The number of hydrogen-bond acceptors (Lipinski definition) is 1. The predicted octanol–water partition coefficient (Wildman–Crippen LogP) is 2.83. The highest BCUT2D eigenvalue weighted by Crippen LogP contribution is 2.14. The van der Waals surface area contributed by atoms with Gasteiger partial charge in [-0.25, -0.2) is 4.39 Å². The van der Waals surface area contributed by atoms with Crippen LogP contribution in [0.1, 0.15) is 12.5 Å². The Hall–Kier alpha value is -0.600. The van der Waals surface area contributed by atoms with Crippen molar-refractivity contribution in [2.24, 2.45) is 0 Å². The molecule has 0 aliphatic carbocycles. The molecule has 0 amide bonds. The average molecular weight is 216 g/mol. The zero-order valence-electron chi connectivity index (χ0n) is 8.43. The fraction of sp³-hybridized carbons (Fsp3) is 0.455. The Morgan fingerprint density at radius 3 is 2.79 bits per heavy atom. The molecular weight excluding hydrogens is 201 g/mol. The summed E-state index contributed by atoms with van der Waals surface area (Å²) in [7, 11) is 1.76. The monoisotopic (exact) mass is 215 g/mol. The standard InChI is InChI=1S/C11H15ClFN/c1-8(14-2)11(13)7-9-4-3-5-10(12)6-9/h3-6,8,11,14H,7H2,1-2H3. The van der Waals surface area contributed by atoms with Gasteiger partial charge in [0.15, 0.2) is 0 Å². The molecule has 1 aromatic carbocycles. The van der Waals surface area contributed by atoms with Gasteiger partial charge < -0.3 is 5.32 Å². The fourth-order valence-electron chi connectivity index (χ4n) is 1.25. The summed E-state index contributed by atoms with van der Waals surface area (Å²) in [4.78, 5) is 0. The molecule has 0 fully saturated rings. The molecule has 0 aliphatic heterocycles. The Labute approximate surface area is 89.3 Å². The van der Waals surface area contributed by atoms with Gasteiger partial charge >= 0.3 is 0 Å². The minimum absolute atomic E-state index is 0.131. The number of nitrogens with one attached hydrogen (secondary N) is 1. The van der Waals surface area contributed by atoms with E-state index in [1.165, 1.54) is 0 Å². The lowest BCUT2D eigenvalue weighted by Crippen LogP contribution is -2.33. The van der Waals surface area contributed by atoms with Crippen LogP contribution in [-0.4, -0.2) is 19.3 Å². The van der Waals surface area contributed by atoms with Gasteiger partial charge in [0.25, 0.3) is 0 Å². The number of benzene rings is 1. The zero-order chi connectivity index (χ0) is 10.6. The highest BCUT2D eigenvalue weighted by atomic mass is 35.5. The van der Waals surface area contributed by atoms with E-state index in [9.17, 15) is 4.39 Å². The third kappa shape index (κ3) is 3.28. The topological polar surface area (TPSA) is 12.0 Å². The first-order valence-electron chi connectivity index (χ1n) is 4.69. The quantitative estimate of drug-likeness (QED) is 0.815. The summed E-state index contributed by atoms with van der Waals surface area (Å²) in [5.41, 5.74) is 0.937. The molecule has 2 atom stereocenters. The first-order chi connectivity index (χ1) is 6.63. The van der Waals surface area contributed by atoms with E-state index in [1.807, 2.05) is 19.1 Å². The van der Waals surface area contributed by atoms with Gasteiger partial charge in [0.1, 0.15) is 6.17 Å². The van der Waals surface area contributed by atoms with Gasteiger partial charge in [-0.1, -0.05) is 23.7 Å². The smallest absolute Gasteiger partial charge is 0.119 e. The van der Waals surface area contributed by atoms with E-state index in [0.29, 0.717) is 11.4 Å². The summed E-state index contributed by atoms with van der Waals surface area (Å²) < 4.78 is 13.5. The van der Waals surface area contributed by atoms with Gasteiger partial charge in [0, 0.05) is 17.5 Å². The first-order valence-corrected chi connectivity index (χ1v) is 5.07. The second-order valence-electron chi connectivity index (χ2n) is 3.43. The number of hydrogen-bond donors (Lipinski definition) is 1. The molecular formula is C11H15ClFN. The molecule has 2 unspecified atom stereocenters. The summed E-state index contributed by atoms with van der Waals surface area (Å²) >= 11 is 5.80. The Bertz CT molecular complexity index is 290. The molecule has 0 aromatic heterocycles. The summed E-state index contributed by atoms with van der Waals surface area (Å²) in [5, 5.41) is 3.55. The maximum absolute atomic E-state index is 13.5. The number of rotatable bonds is 4. The molecule has 1 rings (SSSR count). The Balaban J connectivity index is 2.60. The number of alkyl halides is 1. The van der Waals surface area contributed by atoms with Crippen LogP contribution in [0.15, 0.2) is 24.3 Å². The normalized spacial score (nSPS) is 15.1. The molecule has 1 nitrogen and oxygen atoms in total. The van der Waals surface area contributed by atoms with Crippen LogP contribution in [0.3, 0.4) is 0 Å². The van der Waals surface area contributed by atoms with E-state index >= 15 is 0 Å². The molecule has 0 bridgehead atoms. The van der Waals surface area contributed by atoms with Crippen molar-refractivity contribution in [1.82, 2.24) is 5.32 Å². The molecule has 1 aromatic rings. The summed E-state index contributed by atoms with van der Waals surface area (Å²) in [6, 6.07) is 7.19. The molecule has 78 valence electrons. The van der Waals surface area contributed by atoms with E-state index in [-0.39, 0.29) is 6.04 Å². The molecule has 0 saturated carbocycles. The minimum Gasteiger partial charge on any atom is -0.314 e. The summed E-state index contributed by atoms with van der Waals surface area (Å²) in [5.74, 6) is 0. The molecule has 0 spiro atoms. The van der Waals surface area contributed by atoms with Gasteiger partial charge in [-0.3, -0.25) is 0 Å². The van der Waals surface area contributed by atoms with Crippen molar-refractivity contribution in [3.63, 3.8) is 0 Å². The van der Waals surface area contributed by atoms with Crippen molar-refractivity contribution < 1.29 is 4.39 Å². The van der Waals surface area contributed by atoms with Gasteiger partial charge in [-0.15, -0.1) is 0 Å². The Morgan fingerprint density at radius 1 is 1.50 bits per heavy atom. The second kappa shape index (κ2) is 5.32. The van der Waals surface area contributed by atoms with E-state index in [4.69, 9.17) is 11.6 Å². The molecule has 1 N–H and O–H groups in total. The number of halogens is 2. The largest absolute Gasteiger partial charge is 0.314 e. The zero-order valence-corrected chi connectivity index (χ0v) is 9.18. The van der Waals surface area contributed by atoms with Crippen LogP contribution in [-0.2, 0) is 6.42 Å². The van der Waals surface area contributed by atoms with Crippen molar-refractivity contribution in [3.8, 4) is 0 Å². The van der Waals surface area contributed by atoms with Crippen molar-refractivity contribution in [3.05, 3.63) is 34.9 Å². The highest BCUT2D eigenvalue weighted by molar-refractivity contribution is 6.30. The molecule has 14 heavy (non-hydrogen) atoms. The van der Waals surface area contributed by atoms with Crippen LogP contribution < -0.4 is 5.32 Å². The van der Waals surface area contributed by atoms with Crippen LogP contribution in [0.4, 0.5) is 4.39 Å². The van der Waals surface area contributed by atoms with Crippen LogP contribution >= 0.6 is 11.6 Å². The molecule has 0 saturated heterocycles. The van der Waals surface area contributed by atoms with Crippen molar-refractivity contribution >= 4 is 11.6 Å². The van der Waals surface area contributed by atoms with E-state index in [2.05, 4.69) is 5.32 Å². The minimum atomic E-state index is -0.876. The second-order valence-corrected chi connectivity index (χ2v) is 3.86. The van der Waals surface area contributed by atoms with Gasteiger partial charge in [0.2, 0.25) is 0 Å². The van der Waals surface area contributed by atoms with Crippen molar-refractivity contribution in [2.45, 2.75) is 25.6 Å². The first kappa shape index (κ1) is 11.5. The highest BCUT2D eigenvalue weighted by Gasteiger charge is 2.14. The van der Waals surface area contributed by atoms with Gasteiger partial charge in [-0.05, 0) is 31.7 Å². The summed E-state index contributed by atoms with van der Waals surface area (Å²) in [6.07, 6.45) is -0.471. The van der Waals surface area contributed by atoms with Gasteiger partial charge in [-0.2, -0.15) is 0 Å². The lowest BCUT2D eigenvalue weighted by atomic mass is 10.0. The van der Waals surface area contributed by atoms with Crippen molar-refractivity contribution in [2.75, 3.05) is 7.05 Å².